The van der Waals surface area contributed by atoms with Crippen molar-refractivity contribution >= 4 is 11.6 Å². The first kappa shape index (κ1) is 13.9. The van der Waals surface area contributed by atoms with Crippen LogP contribution in [0.3, 0.4) is 0 Å². The maximum absolute atomic E-state index is 6.00. The number of ether oxygens (including phenoxy) is 1. The van der Waals surface area contributed by atoms with Crippen LogP contribution in [0.1, 0.15) is 18.1 Å². The molecule has 0 unspecified atom stereocenters. The van der Waals surface area contributed by atoms with E-state index in [1.165, 1.54) is 5.56 Å². The van der Waals surface area contributed by atoms with Gasteiger partial charge in [-0.1, -0.05) is 30.7 Å². The summed E-state index contributed by atoms with van der Waals surface area (Å²) in [6.45, 7) is 5.88. The summed E-state index contributed by atoms with van der Waals surface area (Å²) in [7, 11) is 0. The highest BCUT2D eigenvalue weighted by Crippen LogP contribution is 2.26. The van der Waals surface area contributed by atoms with Crippen LogP contribution in [0, 0.1) is 6.92 Å². The minimum absolute atomic E-state index is 0.758. The lowest BCUT2D eigenvalue weighted by Gasteiger charge is -2.09. The molecule has 0 fully saturated rings. The standard InChI is InChI=1S/C16H18ClNO/c1-3-18-11-13-5-4-6-14(10-13)19-15-7-8-16(17)12(2)9-15/h4-10,18H,3,11H2,1-2H3. The van der Waals surface area contributed by atoms with Gasteiger partial charge in [0.25, 0.3) is 0 Å². The predicted octanol–water partition coefficient (Wildman–Crippen LogP) is 4.55. The maximum Gasteiger partial charge on any atom is 0.127 e. The Kier molecular flexibility index (Phi) is 4.83. The van der Waals surface area contributed by atoms with Crippen molar-refractivity contribution in [3.8, 4) is 11.5 Å². The van der Waals surface area contributed by atoms with Gasteiger partial charge in [0.15, 0.2) is 0 Å². The zero-order valence-electron chi connectivity index (χ0n) is 11.2. The van der Waals surface area contributed by atoms with Crippen molar-refractivity contribution < 1.29 is 4.74 Å². The Balaban J connectivity index is 2.11. The Morgan fingerprint density at radius 2 is 1.89 bits per heavy atom. The monoisotopic (exact) mass is 275 g/mol. The van der Waals surface area contributed by atoms with Gasteiger partial charge >= 0.3 is 0 Å². The highest BCUT2D eigenvalue weighted by Gasteiger charge is 2.01. The minimum atomic E-state index is 0.758. The highest BCUT2D eigenvalue weighted by molar-refractivity contribution is 6.31. The van der Waals surface area contributed by atoms with E-state index in [1.54, 1.807) is 0 Å². The molecule has 0 aliphatic heterocycles. The number of aryl methyl sites for hydroxylation is 1. The third-order valence-electron chi connectivity index (χ3n) is 2.84. The van der Waals surface area contributed by atoms with Crippen LogP contribution in [0.25, 0.3) is 0 Å². The molecule has 2 rings (SSSR count). The fourth-order valence-corrected chi connectivity index (χ4v) is 1.92. The lowest BCUT2D eigenvalue weighted by molar-refractivity contribution is 0.481. The second-order valence-corrected chi connectivity index (χ2v) is 4.85. The average Bonchev–Trinajstić information content (AvgIpc) is 2.41. The van der Waals surface area contributed by atoms with Gasteiger partial charge < -0.3 is 10.1 Å². The van der Waals surface area contributed by atoms with E-state index in [4.69, 9.17) is 16.3 Å². The number of halogens is 1. The van der Waals surface area contributed by atoms with Crippen LogP contribution < -0.4 is 10.1 Å². The Morgan fingerprint density at radius 3 is 2.63 bits per heavy atom. The van der Waals surface area contributed by atoms with Gasteiger partial charge in [0, 0.05) is 11.6 Å². The normalized spacial score (nSPS) is 10.5. The van der Waals surface area contributed by atoms with Crippen LogP contribution in [0.2, 0.25) is 5.02 Å². The third-order valence-corrected chi connectivity index (χ3v) is 3.27. The van der Waals surface area contributed by atoms with Crippen LogP contribution in [0.4, 0.5) is 0 Å². The van der Waals surface area contributed by atoms with Gasteiger partial charge in [0.2, 0.25) is 0 Å². The first-order valence-corrected chi connectivity index (χ1v) is 6.80. The van der Waals surface area contributed by atoms with E-state index in [-0.39, 0.29) is 0 Å². The van der Waals surface area contributed by atoms with Crippen LogP contribution in [-0.4, -0.2) is 6.54 Å². The SMILES string of the molecule is CCNCc1cccc(Oc2ccc(Cl)c(C)c2)c1. The zero-order valence-corrected chi connectivity index (χ0v) is 12.0. The fourth-order valence-electron chi connectivity index (χ4n) is 1.81. The van der Waals surface area contributed by atoms with Crippen molar-refractivity contribution in [1.29, 1.82) is 0 Å². The van der Waals surface area contributed by atoms with Crippen LogP contribution in [-0.2, 0) is 6.54 Å². The first-order valence-electron chi connectivity index (χ1n) is 6.42. The Morgan fingerprint density at radius 1 is 1.11 bits per heavy atom. The number of nitrogens with one attached hydrogen (secondary N) is 1. The van der Waals surface area contributed by atoms with E-state index in [0.29, 0.717) is 0 Å². The van der Waals surface area contributed by atoms with Crippen molar-refractivity contribution in [2.75, 3.05) is 6.54 Å². The number of hydrogen-bond donors (Lipinski definition) is 1. The van der Waals surface area contributed by atoms with E-state index < -0.39 is 0 Å². The van der Waals surface area contributed by atoms with Gasteiger partial charge in [-0.25, -0.2) is 0 Å². The van der Waals surface area contributed by atoms with Gasteiger partial charge in [-0.05, 0) is 54.9 Å². The second-order valence-electron chi connectivity index (χ2n) is 4.44. The molecule has 0 atom stereocenters. The summed E-state index contributed by atoms with van der Waals surface area (Å²) < 4.78 is 5.85. The summed E-state index contributed by atoms with van der Waals surface area (Å²) in [4.78, 5) is 0. The molecule has 1 N–H and O–H groups in total. The largest absolute Gasteiger partial charge is 0.457 e. The van der Waals surface area contributed by atoms with Crippen molar-refractivity contribution in [1.82, 2.24) is 5.32 Å². The summed E-state index contributed by atoms with van der Waals surface area (Å²) in [5.41, 5.74) is 2.23. The predicted molar refractivity (Wildman–Crippen MR) is 80.1 cm³/mol. The lowest BCUT2D eigenvalue weighted by atomic mass is 10.2. The number of rotatable bonds is 5. The second kappa shape index (κ2) is 6.60. The molecule has 100 valence electrons. The van der Waals surface area contributed by atoms with Gasteiger partial charge in [0.05, 0.1) is 0 Å². The molecule has 0 spiro atoms. The zero-order chi connectivity index (χ0) is 13.7. The third kappa shape index (κ3) is 3.98. The molecular weight excluding hydrogens is 258 g/mol. The van der Waals surface area contributed by atoms with E-state index in [0.717, 1.165) is 35.2 Å². The summed E-state index contributed by atoms with van der Waals surface area (Å²) in [5.74, 6) is 1.65. The molecule has 2 aromatic carbocycles. The Bertz CT molecular complexity index is 554. The van der Waals surface area contributed by atoms with E-state index in [2.05, 4.69) is 18.3 Å². The highest BCUT2D eigenvalue weighted by atomic mass is 35.5. The molecule has 0 bridgehead atoms. The summed E-state index contributed by atoms with van der Waals surface area (Å²) in [6, 6.07) is 13.8. The van der Waals surface area contributed by atoms with Crippen molar-refractivity contribution in [3.05, 3.63) is 58.6 Å². The molecule has 19 heavy (non-hydrogen) atoms. The quantitative estimate of drug-likeness (QED) is 0.864. The molecule has 2 nitrogen and oxygen atoms in total. The van der Waals surface area contributed by atoms with Crippen molar-refractivity contribution in [2.45, 2.75) is 20.4 Å². The molecule has 3 heteroatoms. The van der Waals surface area contributed by atoms with Gasteiger partial charge in [-0.2, -0.15) is 0 Å². The molecule has 0 saturated heterocycles. The molecule has 2 aromatic rings. The Hall–Kier alpha value is -1.51. The van der Waals surface area contributed by atoms with Crippen LogP contribution in [0.15, 0.2) is 42.5 Å². The molecule has 0 aliphatic rings. The summed E-state index contributed by atoms with van der Waals surface area (Å²) in [6.07, 6.45) is 0. The summed E-state index contributed by atoms with van der Waals surface area (Å²) in [5, 5.41) is 4.06. The molecule has 0 heterocycles. The van der Waals surface area contributed by atoms with Crippen molar-refractivity contribution in [2.24, 2.45) is 0 Å². The number of hydrogen-bond acceptors (Lipinski definition) is 2. The van der Waals surface area contributed by atoms with E-state index in [9.17, 15) is 0 Å². The molecule has 0 aromatic heterocycles. The van der Waals surface area contributed by atoms with E-state index in [1.807, 2.05) is 43.3 Å². The molecular formula is C16H18ClNO. The average molecular weight is 276 g/mol. The lowest BCUT2D eigenvalue weighted by Crippen LogP contribution is -2.11. The smallest absolute Gasteiger partial charge is 0.127 e. The van der Waals surface area contributed by atoms with Gasteiger partial charge in [-0.15, -0.1) is 0 Å². The first-order chi connectivity index (χ1) is 9.19. The molecule has 0 saturated carbocycles. The molecule has 0 amide bonds. The maximum atomic E-state index is 6.00. The van der Waals surface area contributed by atoms with E-state index >= 15 is 0 Å². The Labute approximate surface area is 119 Å². The molecule has 0 radical (unpaired) electrons. The van der Waals surface area contributed by atoms with Crippen LogP contribution >= 0.6 is 11.6 Å². The summed E-state index contributed by atoms with van der Waals surface area (Å²) >= 11 is 6.00. The molecule has 0 aliphatic carbocycles. The van der Waals surface area contributed by atoms with Crippen LogP contribution in [0.5, 0.6) is 11.5 Å². The van der Waals surface area contributed by atoms with Crippen molar-refractivity contribution in [3.63, 3.8) is 0 Å². The topological polar surface area (TPSA) is 21.3 Å². The van der Waals surface area contributed by atoms with Gasteiger partial charge in [-0.3, -0.25) is 0 Å². The number of benzene rings is 2. The van der Waals surface area contributed by atoms with Gasteiger partial charge in [0.1, 0.15) is 11.5 Å². The fraction of sp³-hybridized carbons (Fsp3) is 0.250. The minimum Gasteiger partial charge on any atom is -0.457 e.